The van der Waals surface area contributed by atoms with Gasteiger partial charge in [-0.25, -0.2) is 0 Å². The molecule has 0 radical (unpaired) electrons. The van der Waals surface area contributed by atoms with Crippen molar-refractivity contribution in [3.05, 3.63) is 27.1 Å². The van der Waals surface area contributed by atoms with E-state index >= 15 is 0 Å². The van der Waals surface area contributed by atoms with Crippen LogP contribution in [0.15, 0.2) is 21.5 Å². The second kappa shape index (κ2) is 2.46. The number of nitrogens with zero attached hydrogens (tertiary/aromatic N) is 1. The van der Waals surface area contributed by atoms with Crippen molar-refractivity contribution in [3.63, 3.8) is 0 Å². The normalized spacial score (nSPS) is 9.80. The molecule has 0 aromatic carbocycles. The molecular formula is C6H6BrNO2. The van der Waals surface area contributed by atoms with Crippen LogP contribution in [0.1, 0.15) is 0 Å². The fourth-order valence-electron chi connectivity index (χ4n) is 0.587. The third kappa shape index (κ3) is 1.21. The highest BCUT2D eigenvalue weighted by Gasteiger charge is 1.98. The molecule has 0 fully saturated rings. The van der Waals surface area contributed by atoms with E-state index in [4.69, 9.17) is 5.11 Å². The summed E-state index contributed by atoms with van der Waals surface area (Å²) in [7, 11) is 1.62. The topological polar surface area (TPSA) is 42.2 Å². The second-order valence-corrected chi connectivity index (χ2v) is 2.81. The summed E-state index contributed by atoms with van der Waals surface area (Å²) in [5.74, 6) is -0.0249. The molecule has 3 nitrogen and oxygen atoms in total. The molecule has 1 N–H and O–H groups in total. The van der Waals surface area contributed by atoms with E-state index < -0.39 is 0 Å². The summed E-state index contributed by atoms with van der Waals surface area (Å²) >= 11 is 3.07. The van der Waals surface area contributed by atoms with Crippen LogP contribution in [0.2, 0.25) is 0 Å². The van der Waals surface area contributed by atoms with E-state index in [1.54, 1.807) is 7.05 Å². The molecule has 0 spiro atoms. The van der Waals surface area contributed by atoms with Crippen LogP contribution < -0.4 is 5.56 Å². The predicted octanol–water partition coefficient (Wildman–Crippen LogP) is 0.853. The van der Waals surface area contributed by atoms with E-state index in [1.165, 1.54) is 10.8 Å². The standard InChI is InChI=1S/C6H6BrNO2/c1-8-3-4(7)5(9)2-6(8)10/h2-3,9H,1H3. The lowest BCUT2D eigenvalue weighted by atomic mass is 10.4. The zero-order valence-corrected chi connectivity index (χ0v) is 6.92. The Hall–Kier alpha value is -0.770. The number of hydrogen-bond acceptors (Lipinski definition) is 2. The lowest BCUT2D eigenvalue weighted by Crippen LogP contribution is -2.13. The van der Waals surface area contributed by atoms with Gasteiger partial charge in [0.25, 0.3) is 5.56 Å². The summed E-state index contributed by atoms with van der Waals surface area (Å²) < 4.78 is 1.90. The molecule has 0 saturated carbocycles. The van der Waals surface area contributed by atoms with E-state index in [1.807, 2.05) is 0 Å². The molecule has 1 heterocycles. The molecule has 0 atom stereocenters. The molecule has 0 bridgehead atoms. The Morgan fingerprint density at radius 1 is 1.70 bits per heavy atom. The molecule has 1 rings (SSSR count). The van der Waals surface area contributed by atoms with Crippen molar-refractivity contribution in [2.24, 2.45) is 7.05 Å². The Bertz CT molecular complexity index is 305. The molecule has 1 aromatic rings. The fraction of sp³-hybridized carbons (Fsp3) is 0.167. The lowest BCUT2D eigenvalue weighted by Gasteiger charge is -1.98. The molecule has 0 aliphatic rings. The van der Waals surface area contributed by atoms with Gasteiger partial charge in [0.15, 0.2) is 0 Å². The van der Waals surface area contributed by atoms with E-state index in [0.29, 0.717) is 4.47 Å². The first-order valence-electron chi connectivity index (χ1n) is 2.66. The Balaban J connectivity index is 3.43. The maximum Gasteiger partial charge on any atom is 0.254 e. The first-order valence-corrected chi connectivity index (χ1v) is 3.45. The lowest BCUT2D eigenvalue weighted by molar-refractivity contribution is 0.468. The smallest absolute Gasteiger partial charge is 0.254 e. The highest BCUT2D eigenvalue weighted by Crippen LogP contribution is 2.19. The Labute approximate surface area is 66.0 Å². The second-order valence-electron chi connectivity index (χ2n) is 1.96. The summed E-state index contributed by atoms with van der Waals surface area (Å²) in [6.45, 7) is 0. The van der Waals surface area contributed by atoms with Gasteiger partial charge in [-0.3, -0.25) is 4.79 Å². The maximum atomic E-state index is 10.8. The van der Waals surface area contributed by atoms with Crippen molar-refractivity contribution in [1.29, 1.82) is 0 Å². The minimum absolute atomic E-state index is 0.0249. The van der Waals surface area contributed by atoms with Crippen molar-refractivity contribution >= 4 is 15.9 Å². The fourth-order valence-corrected chi connectivity index (χ4v) is 1.01. The number of aromatic hydroxyl groups is 1. The van der Waals surface area contributed by atoms with Crippen molar-refractivity contribution < 1.29 is 5.11 Å². The highest BCUT2D eigenvalue weighted by atomic mass is 79.9. The van der Waals surface area contributed by atoms with Crippen molar-refractivity contribution in [1.82, 2.24) is 4.57 Å². The van der Waals surface area contributed by atoms with Crippen LogP contribution in [-0.4, -0.2) is 9.67 Å². The monoisotopic (exact) mass is 203 g/mol. The molecule has 0 saturated heterocycles. The van der Waals surface area contributed by atoms with Gasteiger partial charge < -0.3 is 9.67 Å². The number of aryl methyl sites for hydroxylation is 1. The Kier molecular flexibility index (Phi) is 1.80. The van der Waals surface area contributed by atoms with Crippen LogP contribution in [0, 0.1) is 0 Å². The number of pyridine rings is 1. The van der Waals surface area contributed by atoms with Gasteiger partial charge in [0.2, 0.25) is 0 Å². The summed E-state index contributed by atoms with van der Waals surface area (Å²) in [4.78, 5) is 10.8. The number of hydrogen-bond donors (Lipinski definition) is 1. The molecule has 4 heteroatoms. The van der Waals surface area contributed by atoms with Gasteiger partial charge in [0.1, 0.15) is 5.75 Å². The van der Waals surface area contributed by atoms with Gasteiger partial charge in [0.05, 0.1) is 4.47 Å². The van der Waals surface area contributed by atoms with Crippen LogP contribution >= 0.6 is 15.9 Å². The van der Waals surface area contributed by atoms with Crippen molar-refractivity contribution in [2.75, 3.05) is 0 Å². The predicted molar refractivity (Wildman–Crippen MR) is 41.0 cm³/mol. The van der Waals surface area contributed by atoms with Crippen molar-refractivity contribution in [3.8, 4) is 5.75 Å². The summed E-state index contributed by atoms with van der Waals surface area (Å²) in [5.41, 5.74) is -0.222. The zero-order valence-electron chi connectivity index (χ0n) is 5.34. The van der Waals surface area contributed by atoms with Crippen molar-refractivity contribution in [2.45, 2.75) is 0 Å². The van der Waals surface area contributed by atoms with E-state index in [2.05, 4.69) is 15.9 Å². The van der Waals surface area contributed by atoms with Gasteiger partial charge >= 0.3 is 0 Å². The van der Waals surface area contributed by atoms with Crippen LogP contribution in [0.3, 0.4) is 0 Å². The molecule has 0 amide bonds. The SMILES string of the molecule is Cn1cc(Br)c(O)cc1=O. The van der Waals surface area contributed by atoms with Gasteiger partial charge in [-0.2, -0.15) is 0 Å². The van der Waals surface area contributed by atoms with Crippen LogP contribution in [-0.2, 0) is 7.05 Å². The van der Waals surface area contributed by atoms with Gasteiger partial charge in [-0.05, 0) is 15.9 Å². The zero-order chi connectivity index (χ0) is 7.72. The van der Waals surface area contributed by atoms with Crippen LogP contribution in [0.5, 0.6) is 5.75 Å². The minimum atomic E-state index is -0.222. The molecule has 0 unspecified atom stereocenters. The molecular weight excluding hydrogens is 198 g/mol. The van der Waals surface area contributed by atoms with Crippen LogP contribution in [0.4, 0.5) is 0 Å². The molecule has 1 aromatic heterocycles. The van der Waals surface area contributed by atoms with E-state index in [0.717, 1.165) is 6.07 Å². The number of halogens is 1. The summed E-state index contributed by atoms with van der Waals surface area (Å²) in [5, 5.41) is 8.96. The Morgan fingerprint density at radius 2 is 2.30 bits per heavy atom. The largest absolute Gasteiger partial charge is 0.507 e. The first-order chi connectivity index (χ1) is 4.61. The first kappa shape index (κ1) is 7.34. The average molecular weight is 204 g/mol. The third-order valence-corrected chi connectivity index (χ3v) is 1.77. The average Bonchev–Trinajstić information content (AvgIpc) is 1.84. The van der Waals surface area contributed by atoms with Crippen LogP contribution in [0.25, 0.3) is 0 Å². The van der Waals surface area contributed by atoms with Gasteiger partial charge in [-0.1, -0.05) is 0 Å². The highest BCUT2D eigenvalue weighted by molar-refractivity contribution is 9.10. The maximum absolute atomic E-state index is 10.8. The third-order valence-electron chi connectivity index (χ3n) is 1.16. The summed E-state index contributed by atoms with van der Waals surface area (Å²) in [6.07, 6.45) is 1.51. The minimum Gasteiger partial charge on any atom is -0.507 e. The quantitative estimate of drug-likeness (QED) is 0.680. The van der Waals surface area contributed by atoms with E-state index in [9.17, 15) is 4.79 Å². The van der Waals surface area contributed by atoms with Gasteiger partial charge in [0, 0.05) is 19.3 Å². The number of rotatable bonds is 0. The molecule has 0 aliphatic heterocycles. The van der Waals surface area contributed by atoms with Gasteiger partial charge in [-0.15, -0.1) is 0 Å². The number of aromatic nitrogens is 1. The molecule has 0 aliphatic carbocycles. The Morgan fingerprint density at radius 3 is 2.80 bits per heavy atom. The molecule has 54 valence electrons. The molecule has 10 heavy (non-hydrogen) atoms. The van der Waals surface area contributed by atoms with E-state index in [-0.39, 0.29) is 11.3 Å². The summed E-state index contributed by atoms with van der Waals surface area (Å²) in [6, 6.07) is 1.16.